The molecule has 0 saturated carbocycles. The highest BCUT2D eigenvalue weighted by Crippen LogP contribution is 2.19. The van der Waals surface area contributed by atoms with Crippen LogP contribution in [0.4, 0.5) is 0 Å². The minimum Gasteiger partial charge on any atom is -0.481 e. The molecular formula is C39H53N9O10S2. The Morgan fingerprint density at radius 3 is 1.85 bits per heavy atom. The van der Waals surface area contributed by atoms with Crippen LogP contribution in [0.5, 0.6) is 0 Å². The van der Waals surface area contributed by atoms with Crippen molar-refractivity contribution in [1.29, 1.82) is 0 Å². The summed E-state index contributed by atoms with van der Waals surface area (Å²) in [6, 6.07) is 8.01. The van der Waals surface area contributed by atoms with Gasteiger partial charge in [-0.1, -0.05) is 48.5 Å². The van der Waals surface area contributed by atoms with Crippen LogP contribution < -0.4 is 43.4 Å². The van der Waals surface area contributed by atoms with Crippen LogP contribution in [0.3, 0.4) is 0 Å². The zero-order valence-corrected chi connectivity index (χ0v) is 34.9. The maximum atomic E-state index is 14.1. The fourth-order valence-electron chi connectivity index (χ4n) is 5.91. The Morgan fingerprint density at radius 1 is 0.683 bits per heavy atom. The number of H-pyrrole nitrogens is 1. The van der Waals surface area contributed by atoms with Crippen molar-refractivity contribution in [3.05, 3.63) is 71.9 Å². The van der Waals surface area contributed by atoms with E-state index < -0.39 is 103 Å². The average Bonchev–Trinajstić information content (AvgIpc) is 3.64. The molecule has 326 valence electrons. The summed E-state index contributed by atoms with van der Waals surface area (Å²) in [7, 11) is 0. The van der Waals surface area contributed by atoms with Gasteiger partial charge >= 0.3 is 5.97 Å². The number of aliphatic carboxylic acids is 1. The van der Waals surface area contributed by atoms with Gasteiger partial charge in [-0.2, -0.15) is 23.5 Å². The summed E-state index contributed by atoms with van der Waals surface area (Å²) in [5.74, 6) is -6.44. The zero-order valence-electron chi connectivity index (χ0n) is 33.2. The predicted molar refractivity (Wildman–Crippen MR) is 227 cm³/mol. The third kappa shape index (κ3) is 15.8. The Morgan fingerprint density at radius 2 is 1.23 bits per heavy atom. The van der Waals surface area contributed by atoms with Crippen LogP contribution in [0.2, 0.25) is 0 Å². The number of nitrogens with two attached hydrogens (primary N) is 2. The number of aromatic amines is 1. The standard InChI is InChI=1S/C39H53N9O10S2/c1-59-14-12-27(45-35(54)25(40)21-49)36(55)43-20-32(50)44-30(17-23-19-42-26-11-7-6-10-24(23)26)38(57)46-28(13-15-60-2)37(56)48-31(18-33(51)52)39(58)47-29(34(41)53)16-22-8-4-3-5-9-22/h3-11,19,25,27-31,42,49H,12-18,20-21,40H2,1-2H3,(H2,41,53)(H,43,55)(H,44,50)(H,45,54)(H,46,57)(H,47,58)(H,48,56)(H,51,52)/t25-,27-,28-,29-,30-,31-/m0/s1. The first-order chi connectivity index (χ1) is 28.7. The highest BCUT2D eigenvalue weighted by atomic mass is 32.2. The number of carbonyl (C=O) groups excluding carboxylic acids is 7. The zero-order chi connectivity index (χ0) is 44.2. The van der Waals surface area contributed by atoms with Crippen molar-refractivity contribution in [2.75, 3.05) is 37.2 Å². The first-order valence-electron chi connectivity index (χ1n) is 18.9. The van der Waals surface area contributed by atoms with Gasteiger partial charge in [-0.05, 0) is 54.1 Å². The number of para-hydroxylation sites is 1. The number of carboxylic acid groups (broad SMARTS) is 1. The minimum atomic E-state index is -1.67. The van der Waals surface area contributed by atoms with E-state index in [0.717, 1.165) is 10.9 Å². The van der Waals surface area contributed by atoms with E-state index in [9.17, 15) is 48.6 Å². The molecule has 1 aromatic heterocycles. The van der Waals surface area contributed by atoms with Crippen molar-refractivity contribution in [2.45, 2.75) is 68.4 Å². The lowest BCUT2D eigenvalue weighted by Gasteiger charge is -2.26. The number of rotatable bonds is 26. The second-order valence-corrected chi connectivity index (χ2v) is 15.7. The topological polar surface area (TPSA) is 317 Å². The van der Waals surface area contributed by atoms with Crippen LogP contribution in [0.1, 0.15) is 30.4 Å². The lowest BCUT2D eigenvalue weighted by atomic mass is 10.0. The predicted octanol–water partition coefficient (Wildman–Crippen LogP) is -1.72. The molecule has 0 bridgehead atoms. The van der Waals surface area contributed by atoms with E-state index in [1.165, 1.54) is 23.5 Å². The molecular weight excluding hydrogens is 819 g/mol. The molecule has 7 amide bonds. The van der Waals surface area contributed by atoms with Crippen LogP contribution in [0, 0.1) is 0 Å². The number of aliphatic hydroxyl groups is 1. The number of nitrogens with one attached hydrogen (secondary N) is 7. The van der Waals surface area contributed by atoms with Crippen LogP contribution in [0.25, 0.3) is 10.9 Å². The highest BCUT2D eigenvalue weighted by Gasteiger charge is 2.33. The normalized spacial score (nSPS) is 14.0. The first-order valence-corrected chi connectivity index (χ1v) is 21.7. The Balaban J connectivity index is 1.82. The number of primary amides is 1. The molecule has 21 heteroatoms. The molecule has 0 aliphatic heterocycles. The fraction of sp³-hybridized carbons (Fsp3) is 0.436. The molecule has 1 heterocycles. The van der Waals surface area contributed by atoms with Gasteiger partial charge in [-0.3, -0.25) is 38.4 Å². The van der Waals surface area contributed by atoms with E-state index in [1.807, 2.05) is 18.2 Å². The van der Waals surface area contributed by atoms with Crippen LogP contribution in [-0.2, 0) is 51.2 Å². The van der Waals surface area contributed by atoms with Gasteiger partial charge in [0, 0.05) is 29.9 Å². The summed E-state index contributed by atoms with van der Waals surface area (Å²) in [5, 5.41) is 34.6. The Hall–Kier alpha value is -5.64. The molecule has 0 fully saturated rings. The molecule has 0 spiro atoms. The fourth-order valence-corrected chi connectivity index (χ4v) is 6.85. The molecule has 2 aromatic carbocycles. The number of carbonyl (C=O) groups is 8. The van der Waals surface area contributed by atoms with Gasteiger partial charge in [0.05, 0.1) is 19.6 Å². The molecule has 0 aliphatic rings. The van der Waals surface area contributed by atoms with Crippen molar-refractivity contribution in [2.24, 2.45) is 11.5 Å². The molecule has 6 atom stereocenters. The van der Waals surface area contributed by atoms with E-state index in [-0.39, 0.29) is 25.7 Å². The van der Waals surface area contributed by atoms with Gasteiger partial charge in [0.1, 0.15) is 36.3 Å². The third-order valence-corrected chi connectivity index (χ3v) is 10.4. The lowest BCUT2D eigenvalue weighted by molar-refractivity contribution is -0.141. The smallest absolute Gasteiger partial charge is 0.305 e. The number of aromatic nitrogens is 1. The largest absolute Gasteiger partial charge is 0.481 e. The Bertz CT molecular complexity index is 1950. The number of carboxylic acids is 1. The average molecular weight is 872 g/mol. The number of aliphatic hydroxyl groups excluding tert-OH is 1. The van der Waals surface area contributed by atoms with Crippen molar-refractivity contribution in [3.8, 4) is 0 Å². The molecule has 0 unspecified atom stereocenters. The maximum Gasteiger partial charge on any atom is 0.305 e. The van der Waals surface area contributed by atoms with Crippen molar-refractivity contribution >= 4 is 81.7 Å². The summed E-state index contributed by atoms with van der Waals surface area (Å²) in [5.41, 5.74) is 13.2. The Kier molecular flexibility index (Phi) is 20.4. The lowest BCUT2D eigenvalue weighted by Crippen LogP contribution is -2.59. The van der Waals surface area contributed by atoms with Gasteiger partial charge in [-0.15, -0.1) is 0 Å². The summed E-state index contributed by atoms with van der Waals surface area (Å²) in [6.45, 7) is -1.25. The quantitative estimate of drug-likeness (QED) is 0.0428. The number of hydrogen-bond donors (Lipinski definition) is 11. The highest BCUT2D eigenvalue weighted by molar-refractivity contribution is 7.98. The summed E-state index contributed by atoms with van der Waals surface area (Å²) < 4.78 is 0. The van der Waals surface area contributed by atoms with Gasteiger partial charge < -0.3 is 58.6 Å². The van der Waals surface area contributed by atoms with Gasteiger partial charge in [0.25, 0.3) is 0 Å². The molecule has 0 aliphatic carbocycles. The number of hydrogen-bond acceptors (Lipinski definition) is 12. The molecule has 3 aromatic rings. The summed E-state index contributed by atoms with van der Waals surface area (Å²) in [4.78, 5) is 107. The van der Waals surface area contributed by atoms with E-state index in [1.54, 1.807) is 55.1 Å². The van der Waals surface area contributed by atoms with E-state index in [4.69, 9.17) is 11.5 Å². The second-order valence-electron chi connectivity index (χ2n) is 13.7. The number of fused-ring (bicyclic) bond motifs is 1. The van der Waals surface area contributed by atoms with Gasteiger partial charge in [0.15, 0.2) is 0 Å². The van der Waals surface area contributed by atoms with Crippen LogP contribution in [-0.4, -0.2) is 136 Å². The molecule has 19 nitrogen and oxygen atoms in total. The minimum absolute atomic E-state index is 0.00374. The number of benzene rings is 2. The van der Waals surface area contributed by atoms with Gasteiger partial charge in [-0.25, -0.2) is 0 Å². The van der Waals surface area contributed by atoms with E-state index >= 15 is 0 Å². The molecule has 0 saturated heterocycles. The maximum absolute atomic E-state index is 14.1. The second kappa shape index (κ2) is 25.1. The van der Waals surface area contributed by atoms with Crippen LogP contribution in [0.15, 0.2) is 60.8 Å². The SMILES string of the molecule is CSCC[C@H](NC(=O)[C@H](Cc1c[nH]c2ccccc12)NC(=O)CNC(=O)[C@H](CCSC)NC(=O)[C@@H](N)CO)C(=O)N[C@@H](CC(=O)O)C(=O)N[C@@H](Cc1ccccc1)C(N)=O. The molecule has 0 radical (unpaired) electrons. The van der Waals surface area contributed by atoms with Crippen molar-refractivity contribution in [3.63, 3.8) is 0 Å². The van der Waals surface area contributed by atoms with E-state index in [2.05, 4.69) is 36.9 Å². The van der Waals surface area contributed by atoms with E-state index in [0.29, 0.717) is 22.6 Å². The Labute approximate surface area is 355 Å². The number of thioether (sulfide) groups is 2. The van der Waals surface area contributed by atoms with Gasteiger partial charge in [0.2, 0.25) is 41.4 Å². The molecule has 13 N–H and O–H groups in total. The third-order valence-electron chi connectivity index (χ3n) is 9.15. The number of amides is 7. The molecule has 60 heavy (non-hydrogen) atoms. The molecule has 3 rings (SSSR count). The summed E-state index contributed by atoms with van der Waals surface area (Å²) >= 11 is 2.77. The first kappa shape index (κ1) is 48.7. The monoisotopic (exact) mass is 871 g/mol. The van der Waals surface area contributed by atoms with Crippen LogP contribution >= 0.6 is 23.5 Å². The van der Waals surface area contributed by atoms with Crippen molar-refractivity contribution in [1.82, 2.24) is 36.9 Å². The summed E-state index contributed by atoms with van der Waals surface area (Å²) in [6.07, 6.45) is 4.53. The van der Waals surface area contributed by atoms with Crippen molar-refractivity contribution < 1.29 is 48.6 Å².